The van der Waals surface area contributed by atoms with Crippen LogP contribution in [0, 0.1) is 0 Å². The van der Waals surface area contributed by atoms with Crippen molar-refractivity contribution in [3.63, 3.8) is 0 Å². The lowest BCUT2D eigenvalue weighted by molar-refractivity contribution is 0.0827. The van der Waals surface area contributed by atoms with Gasteiger partial charge in [-0.15, -0.1) is 0 Å². The highest BCUT2D eigenvalue weighted by Crippen LogP contribution is 2.25. The first-order valence-corrected chi connectivity index (χ1v) is 8.42. The van der Waals surface area contributed by atoms with Gasteiger partial charge in [-0.3, -0.25) is 9.69 Å². The van der Waals surface area contributed by atoms with E-state index in [0.717, 1.165) is 19.5 Å². The molecule has 0 atom stereocenters. The number of rotatable bonds is 4. The third kappa shape index (κ3) is 3.44. The van der Waals surface area contributed by atoms with Gasteiger partial charge in [-0.1, -0.05) is 36.4 Å². The van der Waals surface area contributed by atoms with Gasteiger partial charge in [0, 0.05) is 30.9 Å². The van der Waals surface area contributed by atoms with Gasteiger partial charge in [0.25, 0.3) is 5.91 Å². The summed E-state index contributed by atoms with van der Waals surface area (Å²) in [4.78, 5) is 14.8. The van der Waals surface area contributed by atoms with E-state index in [1.54, 1.807) is 12.1 Å². The number of anilines is 1. The Morgan fingerprint density at radius 2 is 1.79 bits per heavy atom. The molecule has 1 amide bonds. The van der Waals surface area contributed by atoms with Crippen molar-refractivity contribution in [3.05, 3.63) is 65.2 Å². The summed E-state index contributed by atoms with van der Waals surface area (Å²) in [6, 6.07) is 15.8. The van der Waals surface area contributed by atoms with Crippen LogP contribution in [0.3, 0.4) is 0 Å². The Bertz CT molecular complexity index is 739. The zero-order valence-corrected chi connectivity index (χ0v) is 14.4. The largest absolute Gasteiger partial charge is 0.398 e. The van der Waals surface area contributed by atoms with Crippen LogP contribution in [0.5, 0.6) is 0 Å². The Morgan fingerprint density at radius 1 is 1.12 bits per heavy atom. The summed E-state index contributed by atoms with van der Waals surface area (Å²) in [7, 11) is 0. The molecule has 2 aromatic rings. The van der Waals surface area contributed by atoms with E-state index in [-0.39, 0.29) is 11.4 Å². The standard InChI is InChI=1S/C20H25N3O/c1-20(2,14-22-19(24)17-9-5-6-10-18(17)21)23-12-11-15-7-3-4-8-16(15)13-23/h3-10H,11-14,21H2,1-2H3,(H,22,24). The van der Waals surface area contributed by atoms with Crippen molar-refractivity contribution in [2.75, 3.05) is 18.8 Å². The lowest BCUT2D eigenvalue weighted by Gasteiger charge is -2.41. The molecule has 0 bridgehead atoms. The number of amides is 1. The fraction of sp³-hybridized carbons (Fsp3) is 0.350. The smallest absolute Gasteiger partial charge is 0.253 e. The van der Waals surface area contributed by atoms with E-state index in [9.17, 15) is 4.79 Å². The predicted molar refractivity (Wildman–Crippen MR) is 97.8 cm³/mol. The second-order valence-corrected chi connectivity index (χ2v) is 7.02. The molecule has 0 spiro atoms. The van der Waals surface area contributed by atoms with Gasteiger partial charge in [-0.2, -0.15) is 0 Å². The van der Waals surface area contributed by atoms with Crippen LogP contribution in [0.2, 0.25) is 0 Å². The molecule has 2 aromatic carbocycles. The summed E-state index contributed by atoms with van der Waals surface area (Å²) >= 11 is 0. The summed E-state index contributed by atoms with van der Waals surface area (Å²) in [5, 5.41) is 3.04. The SMILES string of the molecule is CC(C)(CNC(=O)c1ccccc1N)N1CCc2ccccc2C1. The Labute approximate surface area is 143 Å². The van der Waals surface area contributed by atoms with Crippen molar-refractivity contribution >= 4 is 11.6 Å². The van der Waals surface area contributed by atoms with Crippen LogP contribution < -0.4 is 11.1 Å². The normalized spacial score (nSPS) is 14.9. The molecular weight excluding hydrogens is 298 g/mol. The third-order valence-corrected chi connectivity index (χ3v) is 4.87. The maximum Gasteiger partial charge on any atom is 0.253 e. The molecular formula is C20H25N3O. The number of hydrogen-bond donors (Lipinski definition) is 2. The predicted octanol–water partition coefficient (Wildman–Crippen LogP) is 2.84. The highest BCUT2D eigenvalue weighted by molar-refractivity contribution is 5.99. The topological polar surface area (TPSA) is 58.4 Å². The summed E-state index contributed by atoms with van der Waals surface area (Å²) in [6.45, 7) is 6.87. The van der Waals surface area contributed by atoms with Gasteiger partial charge in [-0.05, 0) is 43.5 Å². The first-order valence-electron chi connectivity index (χ1n) is 8.42. The van der Waals surface area contributed by atoms with Gasteiger partial charge in [0.2, 0.25) is 0 Å². The monoisotopic (exact) mass is 323 g/mol. The summed E-state index contributed by atoms with van der Waals surface area (Å²) in [5.41, 5.74) is 9.64. The fourth-order valence-electron chi connectivity index (χ4n) is 3.22. The average molecular weight is 323 g/mol. The molecule has 24 heavy (non-hydrogen) atoms. The van der Waals surface area contributed by atoms with E-state index in [0.29, 0.717) is 17.8 Å². The lowest BCUT2D eigenvalue weighted by Crippen LogP contribution is -2.53. The van der Waals surface area contributed by atoms with E-state index < -0.39 is 0 Å². The van der Waals surface area contributed by atoms with Crippen LogP contribution in [0.15, 0.2) is 48.5 Å². The molecule has 1 aliphatic heterocycles. The van der Waals surface area contributed by atoms with Crippen LogP contribution in [0.4, 0.5) is 5.69 Å². The van der Waals surface area contributed by atoms with Crippen LogP contribution >= 0.6 is 0 Å². The van der Waals surface area contributed by atoms with Crippen LogP contribution in [0.25, 0.3) is 0 Å². The highest BCUT2D eigenvalue weighted by Gasteiger charge is 2.30. The maximum atomic E-state index is 12.4. The molecule has 4 nitrogen and oxygen atoms in total. The molecule has 0 aliphatic carbocycles. The molecule has 3 rings (SSSR count). The number of carbonyl (C=O) groups is 1. The number of fused-ring (bicyclic) bond motifs is 1. The van der Waals surface area contributed by atoms with E-state index in [1.807, 2.05) is 12.1 Å². The molecule has 0 radical (unpaired) electrons. The van der Waals surface area contributed by atoms with Gasteiger partial charge in [0.05, 0.1) is 5.56 Å². The van der Waals surface area contributed by atoms with Gasteiger partial charge in [-0.25, -0.2) is 0 Å². The van der Waals surface area contributed by atoms with Crippen molar-refractivity contribution in [1.82, 2.24) is 10.2 Å². The number of nitrogens with two attached hydrogens (primary N) is 1. The molecule has 3 N–H and O–H groups in total. The fourth-order valence-corrected chi connectivity index (χ4v) is 3.22. The molecule has 1 heterocycles. The minimum Gasteiger partial charge on any atom is -0.398 e. The molecule has 0 saturated heterocycles. The van der Waals surface area contributed by atoms with Crippen molar-refractivity contribution in [2.24, 2.45) is 0 Å². The van der Waals surface area contributed by atoms with E-state index >= 15 is 0 Å². The van der Waals surface area contributed by atoms with Crippen molar-refractivity contribution in [2.45, 2.75) is 32.4 Å². The van der Waals surface area contributed by atoms with E-state index in [1.165, 1.54) is 11.1 Å². The molecule has 1 aliphatic rings. The zero-order chi connectivity index (χ0) is 17.2. The number of para-hydroxylation sites is 1. The first kappa shape index (κ1) is 16.5. The Balaban J connectivity index is 1.64. The first-order chi connectivity index (χ1) is 11.5. The maximum absolute atomic E-state index is 12.4. The van der Waals surface area contributed by atoms with E-state index in [4.69, 9.17) is 5.73 Å². The molecule has 0 saturated carbocycles. The quantitative estimate of drug-likeness (QED) is 0.851. The molecule has 0 unspecified atom stereocenters. The van der Waals surface area contributed by atoms with Crippen molar-refractivity contribution in [1.29, 1.82) is 0 Å². The van der Waals surface area contributed by atoms with Gasteiger partial charge < -0.3 is 11.1 Å². The minimum absolute atomic E-state index is 0.112. The van der Waals surface area contributed by atoms with Gasteiger partial charge in [0.15, 0.2) is 0 Å². The average Bonchev–Trinajstić information content (AvgIpc) is 2.60. The number of hydrogen-bond acceptors (Lipinski definition) is 3. The Hall–Kier alpha value is -2.33. The lowest BCUT2D eigenvalue weighted by atomic mass is 9.94. The Kier molecular flexibility index (Phi) is 4.58. The highest BCUT2D eigenvalue weighted by atomic mass is 16.1. The Morgan fingerprint density at radius 3 is 2.54 bits per heavy atom. The van der Waals surface area contributed by atoms with Crippen molar-refractivity contribution < 1.29 is 4.79 Å². The minimum atomic E-state index is -0.118. The number of nitrogens with one attached hydrogen (secondary N) is 1. The van der Waals surface area contributed by atoms with Crippen LogP contribution in [-0.2, 0) is 13.0 Å². The second-order valence-electron chi connectivity index (χ2n) is 7.02. The molecule has 0 fully saturated rings. The summed E-state index contributed by atoms with van der Waals surface area (Å²) < 4.78 is 0. The van der Waals surface area contributed by atoms with Crippen molar-refractivity contribution in [3.8, 4) is 0 Å². The van der Waals surface area contributed by atoms with Crippen LogP contribution in [0.1, 0.15) is 35.3 Å². The molecule has 4 heteroatoms. The molecule has 0 aromatic heterocycles. The van der Waals surface area contributed by atoms with Crippen LogP contribution in [-0.4, -0.2) is 29.4 Å². The number of carbonyl (C=O) groups excluding carboxylic acids is 1. The number of nitrogens with zero attached hydrogens (tertiary/aromatic N) is 1. The molecule has 126 valence electrons. The summed E-state index contributed by atoms with van der Waals surface area (Å²) in [6.07, 6.45) is 1.05. The third-order valence-electron chi connectivity index (χ3n) is 4.87. The number of nitrogen functional groups attached to an aromatic ring is 1. The van der Waals surface area contributed by atoms with Gasteiger partial charge >= 0.3 is 0 Å². The van der Waals surface area contributed by atoms with Gasteiger partial charge in [0.1, 0.15) is 0 Å². The number of benzene rings is 2. The second kappa shape index (κ2) is 6.65. The van der Waals surface area contributed by atoms with E-state index in [2.05, 4.69) is 48.3 Å². The zero-order valence-electron chi connectivity index (χ0n) is 14.4. The summed E-state index contributed by atoms with van der Waals surface area (Å²) in [5.74, 6) is -0.112.